The Hall–Kier alpha value is -3.57. The van der Waals surface area contributed by atoms with Gasteiger partial charge in [-0.2, -0.15) is 0 Å². The Morgan fingerprint density at radius 2 is 1.76 bits per heavy atom. The molecule has 1 aromatic heterocycles. The maximum atomic E-state index is 14.0. The first-order chi connectivity index (χ1) is 15.9. The topological polar surface area (TPSA) is 90.5 Å². The number of hydrogen-bond donors (Lipinski definition) is 5. The molecule has 172 valence electrons. The molecule has 3 aromatic rings. The summed E-state index contributed by atoms with van der Waals surface area (Å²) in [6, 6.07) is 9.42. The van der Waals surface area contributed by atoms with Crippen molar-refractivity contribution in [2.45, 2.75) is 12.5 Å². The van der Waals surface area contributed by atoms with Gasteiger partial charge in [0.25, 0.3) is 0 Å². The molecule has 33 heavy (non-hydrogen) atoms. The Labute approximate surface area is 193 Å². The van der Waals surface area contributed by atoms with Crippen molar-refractivity contribution in [2.75, 3.05) is 34.5 Å². The van der Waals surface area contributed by atoms with Gasteiger partial charge in [-0.15, -0.1) is 0 Å². The monoisotopic (exact) mass is 475 g/mol. The maximum absolute atomic E-state index is 14.0. The third-order valence-corrected chi connectivity index (χ3v) is 5.03. The van der Waals surface area contributed by atoms with Crippen molar-refractivity contribution < 1.29 is 23.0 Å². The molecule has 0 amide bonds. The van der Waals surface area contributed by atoms with Crippen LogP contribution >= 0.6 is 12.2 Å². The van der Waals surface area contributed by atoms with E-state index in [2.05, 4.69) is 26.3 Å². The van der Waals surface area contributed by atoms with Crippen molar-refractivity contribution >= 4 is 45.9 Å². The predicted octanol–water partition coefficient (Wildman–Crippen LogP) is 4.96. The molecule has 0 aliphatic carbocycles. The molecule has 2 heterocycles. The average molecular weight is 475 g/mol. The zero-order valence-corrected chi connectivity index (χ0v) is 18.0. The number of halogens is 3. The highest BCUT2D eigenvalue weighted by molar-refractivity contribution is 7.80. The first-order valence-corrected chi connectivity index (χ1v) is 10.4. The minimum atomic E-state index is -1.11. The van der Waals surface area contributed by atoms with Gasteiger partial charge in [0.15, 0.2) is 16.7 Å². The highest BCUT2D eigenvalue weighted by Crippen LogP contribution is 2.28. The minimum Gasteiger partial charge on any atom is -0.508 e. The van der Waals surface area contributed by atoms with Crippen LogP contribution < -0.4 is 21.3 Å². The standard InChI is InChI=1S/C22H20F3N5O2S/c23-12-7-16(24)21(17(25)8-12)30-22(33)29-19-10-26-20(28-13-1-3-15(31)4-2-13)9-18(19)27-14-5-6-32-11-14/h1-4,7-10,14,31H,5-6,11H2,(H2,26,27,28)(H2,29,30,33)/t14-/m0/s1. The Bertz CT molecular complexity index is 1130. The summed E-state index contributed by atoms with van der Waals surface area (Å²) in [6.45, 7) is 1.16. The van der Waals surface area contributed by atoms with Gasteiger partial charge in [0.1, 0.15) is 23.1 Å². The summed E-state index contributed by atoms with van der Waals surface area (Å²) in [6.07, 6.45) is 2.31. The predicted molar refractivity (Wildman–Crippen MR) is 125 cm³/mol. The molecule has 2 aromatic carbocycles. The second-order valence-corrected chi connectivity index (χ2v) is 7.72. The molecule has 0 bridgehead atoms. The highest BCUT2D eigenvalue weighted by atomic mass is 32.1. The quantitative estimate of drug-likeness (QED) is 0.253. The van der Waals surface area contributed by atoms with Gasteiger partial charge < -0.3 is 31.1 Å². The maximum Gasteiger partial charge on any atom is 0.175 e. The number of phenolic OH excluding ortho intramolecular Hbond substituents is 1. The zero-order chi connectivity index (χ0) is 23.4. The first-order valence-electron chi connectivity index (χ1n) is 10.0. The molecule has 1 atom stereocenters. The van der Waals surface area contributed by atoms with Crippen molar-refractivity contribution in [1.29, 1.82) is 0 Å². The molecule has 1 saturated heterocycles. The molecular weight excluding hydrogens is 455 g/mol. The van der Waals surface area contributed by atoms with Crippen molar-refractivity contribution in [3.05, 3.63) is 66.1 Å². The lowest BCUT2D eigenvalue weighted by Gasteiger charge is -2.19. The van der Waals surface area contributed by atoms with Crippen LogP contribution in [0.25, 0.3) is 0 Å². The van der Waals surface area contributed by atoms with Crippen molar-refractivity contribution in [1.82, 2.24) is 4.98 Å². The fourth-order valence-electron chi connectivity index (χ4n) is 3.23. The third kappa shape index (κ3) is 5.82. The molecule has 0 radical (unpaired) electrons. The van der Waals surface area contributed by atoms with Gasteiger partial charge in [-0.3, -0.25) is 0 Å². The van der Waals surface area contributed by atoms with Crippen LogP contribution in [0, 0.1) is 17.5 Å². The normalized spacial score (nSPS) is 15.2. The minimum absolute atomic E-state index is 0.0583. The van der Waals surface area contributed by atoms with E-state index in [1.165, 1.54) is 6.20 Å². The lowest BCUT2D eigenvalue weighted by atomic mass is 10.2. The van der Waals surface area contributed by atoms with Crippen LogP contribution in [-0.4, -0.2) is 34.5 Å². The Kier molecular flexibility index (Phi) is 6.80. The van der Waals surface area contributed by atoms with Crippen molar-refractivity contribution in [3.8, 4) is 5.75 Å². The average Bonchev–Trinajstić information content (AvgIpc) is 3.27. The second kappa shape index (κ2) is 9.92. The number of aromatic hydroxyl groups is 1. The van der Waals surface area contributed by atoms with Gasteiger partial charge in [-0.05, 0) is 42.9 Å². The van der Waals surface area contributed by atoms with E-state index < -0.39 is 23.1 Å². The summed E-state index contributed by atoms with van der Waals surface area (Å²) in [5.41, 5.74) is 1.24. The van der Waals surface area contributed by atoms with Crippen LogP contribution in [0.15, 0.2) is 48.7 Å². The largest absolute Gasteiger partial charge is 0.508 e. The van der Waals surface area contributed by atoms with E-state index in [9.17, 15) is 18.3 Å². The number of benzene rings is 2. The Morgan fingerprint density at radius 1 is 1.03 bits per heavy atom. The van der Waals surface area contributed by atoms with E-state index in [0.29, 0.717) is 42.5 Å². The number of aromatic nitrogens is 1. The number of pyridine rings is 1. The third-order valence-electron chi connectivity index (χ3n) is 4.83. The summed E-state index contributed by atoms with van der Waals surface area (Å²) in [4.78, 5) is 4.35. The highest BCUT2D eigenvalue weighted by Gasteiger charge is 2.19. The molecule has 5 N–H and O–H groups in total. The number of nitrogens with zero attached hydrogens (tertiary/aromatic N) is 1. The molecule has 0 unspecified atom stereocenters. The van der Waals surface area contributed by atoms with Gasteiger partial charge >= 0.3 is 0 Å². The smallest absolute Gasteiger partial charge is 0.175 e. The molecule has 4 rings (SSSR count). The summed E-state index contributed by atoms with van der Waals surface area (Å²) in [5, 5.41) is 21.1. The van der Waals surface area contributed by atoms with Crippen LogP contribution in [0.2, 0.25) is 0 Å². The summed E-state index contributed by atoms with van der Waals surface area (Å²) in [7, 11) is 0. The van der Waals surface area contributed by atoms with Gasteiger partial charge in [0, 0.05) is 30.5 Å². The summed E-state index contributed by atoms with van der Waals surface area (Å²) < 4.78 is 46.5. The fraction of sp³-hybridized carbons (Fsp3) is 0.182. The van der Waals surface area contributed by atoms with Gasteiger partial charge in [0.05, 0.1) is 30.2 Å². The lowest BCUT2D eigenvalue weighted by Crippen LogP contribution is -2.24. The first kappa shape index (κ1) is 22.6. The molecule has 7 nitrogen and oxygen atoms in total. The van der Waals surface area contributed by atoms with Gasteiger partial charge in [-0.1, -0.05) is 0 Å². The van der Waals surface area contributed by atoms with Crippen LogP contribution in [0.1, 0.15) is 6.42 Å². The lowest BCUT2D eigenvalue weighted by molar-refractivity contribution is 0.195. The molecule has 1 fully saturated rings. The van der Waals surface area contributed by atoms with Crippen LogP contribution in [0.3, 0.4) is 0 Å². The van der Waals surface area contributed by atoms with Gasteiger partial charge in [0.2, 0.25) is 0 Å². The molecule has 0 spiro atoms. The van der Waals surface area contributed by atoms with E-state index >= 15 is 0 Å². The zero-order valence-electron chi connectivity index (χ0n) is 17.2. The van der Waals surface area contributed by atoms with Crippen LogP contribution in [0.5, 0.6) is 5.75 Å². The molecule has 11 heteroatoms. The van der Waals surface area contributed by atoms with E-state index in [4.69, 9.17) is 17.0 Å². The number of hydrogen-bond acceptors (Lipinski definition) is 6. The van der Waals surface area contributed by atoms with Crippen molar-refractivity contribution in [2.24, 2.45) is 0 Å². The number of phenols is 1. The van der Waals surface area contributed by atoms with E-state index in [1.807, 2.05) is 0 Å². The fourth-order valence-corrected chi connectivity index (χ4v) is 3.44. The Morgan fingerprint density at radius 3 is 2.42 bits per heavy atom. The number of nitrogens with one attached hydrogen (secondary N) is 4. The number of ether oxygens (including phenoxy) is 1. The molecule has 1 aliphatic heterocycles. The van der Waals surface area contributed by atoms with Crippen LogP contribution in [0.4, 0.5) is 41.7 Å². The van der Waals surface area contributed by atoms with E-state index in [1.54, 1.807) is 30.3 Å². The van der Waals surface area contributed by atoms with Crippen LogP contribution in [-0.2, 0) is 4.74 Å². The van der Waals surface area contributed by atoms with E-state index in [-0.39, 0.29) is 16.9 Å². The summed E-state index contributed by atoms with van der Waals surface area (Å²) in [5.74, 6) is -2.58. The van der Waals surface area contributed by atoms with Crippen molar-refractivity contribution in [3.63, 3.8) is 0 Å². The molecule has 0 saturated carbocycles. The number of anilines is 5. The second-order valence-electron chi connectivity index (χ2n) is 7.32. The summed E-state index contributed by atoms with van der Waals surface area (Å²) >= 11 is 5.19. The number of thiocarbonyl (C=S) groups is 1. The SMILES string of the molecule is Oc1ccc(Nc2cc(N[C@H]3CCOC3)c(NC(=S)Nc3c(F)cc(F)cc3F)cn2)cc1. The van der Waals surface area contributed by atoms with Gasteiger partial charge in [-0.25, -0.2) is 18.2 Å². The Balaban J connectivity index is 1.54. The van der Waals surface area contributed by atoms with E-state index in [0.717, 1.165) is 12.1 Å². The number of rotatable bonds is 6. The molecular formula is C22H20F3N5O2S. The molecule has 1 aliphatic rings.